The van der Waals surface area contributed by atoms with Gasteiger partial charge in [-0.3, -0.25) is 0 Å². The van der Waals surface area contributed by atoms with Gasteiger partial charge in [-0.2, -0.15) is 0 Å². The average Bonchev–Trinajstić information content (AvgIpc) is 2.48. The number of methoxy groups -OCH3 is 2. The normalized spacial score (nSPS) is 10.3. The van der Waals surface area contributed by atoms with Gasteiger partial charge in [-0.1, -0.05) is 11.6 Å². The summed E-state index contributed by atoms with van der Waals surface area (Å²) in [5.41, 5.74) is 0. The number of ether oxygens (including phenoxy) is 4. The number of fused-ring (bicyclic) bond motifs is 1. The van der Waals surface area contributed by atoms with E-state index in [2.05, 4.69) is 4.74 Å². The lowest BCUT2D eigenvalue weighted by molar-refractivity contribution is 0.122. The molecule has 0 aliphatic carbocycles. The standard InChI is InChI=1S/C15H15ClO5/c1-4-20-13-8-12(21-15(17)19-3)11-7-9(16)5-6-10(11)14(13)18-2/h5-8H,4H2,1-3H3. The lowest BCUT2D eigenvalue weighted by Crippen LogP contribution is -2.08. The van der Waals surface area contributed by atoms with E-state index >= 15 is 0 Å². The molecule has 2 aromatic carbocycles. The average molecular weight is 311 g/mol. The minimum Gasteiger partial charge on any atom is -0.492 e. The molecule has 0 saturated heterocycles. The van der Waals surface area contributed by atoms with Crippen molar-refractivity contribution in [2.75, 3.05) is 20.8 Å². The van der Waals surface area contributed by atoms with Gasteiger partial charge in [0.15, 0.2) is 11.5 Å². The van der Waals surface area contributed by atoms with Gasteiger partial charge in [-0.25, -0.2) is 4.79 Å². The Bertz CT molecular complexity index is 669. The predicted molar refractivity (Wildman–Crippen MR) is 79.7 cm³/mol. The summed E-state index contributed by atoms with van der Waals surface area (Å²) in [6.45, 7) is 2.31. The van der Waals surface area contributed by atoms with Crippen LogP contribution in [-0.4, -0.2) is 27.0 Å². The van der Waals surface area contributed by atoms with Crippen molar-refractivity contribution >= 4 is 28.5 Å². The number of halogens is 1. The van der Waals surface area contributed by atoms with Gasteiger partial charge >= 0.3 is 6.16 Å². The highest BCUT2D eigenvalue weighted by Gasteiger charge is 2.17. The van der Waals surface area contributed by atoms with Gasteiger partial charge in [0.1, 0.15) is 5.75 Å². The molecule has 0 heterocycles. The van der Waals surface area contributed by atoms with Gasteiger partial charge in [-0.15, -0.1) is 0 Å². The number of carbonyl (C=O) groups excluding carboxylic acids is 1. The first-order chi connectivity index (χ1) is 10.1. The van der Waals surface area contributed by atoms with Crippen molar-refractivity contribution in [3.63, 3.8) is 0 Å². The van der Waals surface area contributed by atoms with Crippen molar-refractivity contribution in [3.05, 3.63) is 29.3 Å². The molecule has 0 saturated carbocycles. The molecule has 2 rings (SSSR count). The Kier molecular flexibility index (Phi) is 4.75. The molecule has 112 valence electrons. The van der Waals surface area contributed by atoms with E-state index in [4.69, 9.17) is 25.8 Å². The molecule has 0 fully saturated rings. The largest absolute Gasteiger partial charge is 0.513 e. The zero-order valence-electron chi connectivity index (χ0n) is 11.9. The number of carbonyl (C=O) groups is 1. The minimum atomic E-state index is -0.816. The number of rotatable bonds is 4. The number of hydrogen-bond acceptors (Lipinski definition) is 5. The first-order valence-electron chi connectivity index (χ1n) is 6.29. The van der Waals surface area contributed by atoms with E-state index in [0.717, 1.165) is 5.39 Å². The monoisotopic (exact) mass is 310 g/mol. The van der Waals surface area contributed by atoms with Crippen LogP contribution >= 0.6 is 11.6 Å². The zero-order valence-corrected chi connectivity index (χ0v) is 12.7. The van der Waals surface area contributed by atoms with E-state index in [-0.39, 0.29) is 0 Å². The van der Waals surface area contributed by atoms with Crippen LogP contribution in [0.5, 0.6) is 17.2 Å². The molecule has 0 N–H and O–H groups in total. The molecule has 0 spiro atoms. The summed E-state index contributed by atoms with van der Waals surface area (Å²) < 4.78 is 20.6. The maximum Gasteiger partial charge on any atom is 0.513 e. The minimum absolute atomic E-state index is 0.295. The lowest BCUT2D eigenvalue weighted by atomic mass is 10.1. The number of benzene rings is 2. The van der Waals surface area contributed by atoms with Crippen LogP contribution < -0.4 is 14.2 Å². The molecule has 2 aromatic rings. The van der Waals surface area contributed by atoms with Crippen molar-refractivity contribution in [2.45, 2.75) is 6.92 Å². The highest BCUT2D eigenvalue weighted by molar-refractivity contribution is 6.31. The van der Waals surface area contributed by atoms with Crippen molar-refractivity contribution in [1.29, 1.82) is 0 Å². The van der Waals surface area contributed by atoms with Gasteiger partial charge in [-0.05, 0) is 25.1 Å². The molecule has 6 heteroatoms. The molecule has 0 bridgehead atoms. The third-order valence-corrected chi connectivity index (χ3v) is 3.08. The summed E-state index contributed by atoms with van der Waals surface area (Å²) in [7, 11) is 2.79. The van der Waals surface area contributed by atoms with E-state index in [1.54, 1.807) is 31.4 Å². The fraction of sp³-hybridized carbons (Fsp3) is 0.267. The topological polar surface area (TPSA) is 54.0 Å². The molecule has 0 radical (unpaired) electrons. The van der Waals surface area contributed by atoms with Gasteiger partial charge < -0.3 is 18.9 Å². The molecule has 0 unspecified atom stereocenters. The first-order valence-corrected chi connectivity index (χ1v) is 6.67. The van der Waals surface area contributed by atoms with Gasteiger partial charge in [0.05, 0.1) is 20.8 Å². The Morgan fingerprint density at radius 2 is 1.90 bits per heavy atom. The highest BCUT2D eigenvalue weighted by Crippen LogP contribution is 2.42. The van der Waals surface area contributed by atoms with Crippen LogP contribution in [0.4, 0.5) is 4.79 Å². The molecule has 0 aliphatic heterocycles. The summed E-state index contributed by atoms with van der Waals surface area (Å²) in [5.74, 6) is 1.33. The van der Waals surface area contributed by atoms with E-state index in [1.807, 2.05) is 6.92 Å². The summed E-state index contributed by atoms with van der Waals surface area (Å²) in [5, 5.41) is 1.88. The van der Waals surface area contributed by atoms with Crippen LogP contribution in [0.15, 0.2) is 24.3 Å². The van der Waals surface area contributed by atoms with Crippen molar-refractivity contribution in [3.8, 4) is 17.2 Å². The molecule has 21 heavy (non-hydrogen) atoms. The smallest absolute Gasteiger partial charge is 0.492 e. The van der Waals surface area contributed by atoms with Crippen molar-refractivity contribution in [2.24, 2.45) is 0 Å². The quantitative estimate of drug-likeness (QED) is 0.630. The number of hydrogen-bond donors (Lipinski definition) is 0. The van der Waals surface area contributed by atoms with Crippen molar-refractivity contribution < 1.29 is 23.7 Å². The second-order valence-electron chi connectivity index (χ2n) is 4.09. The second-order valence-corrected chi connectivity index (χ2v) is 4.52. The summed E-state index contributed by atoms with van der Waals surface area (Å²) in [6, 6.07) is 6.78. The van der Waals surface area contributed by atoms with Crippen LogP contribution in [0.2, 0.25) is 5.02 Å². The van der Waals surface area contributed by atoms with Crippen molar-refractivity contribution in [1.82, 2.24) is 0 Å². The van der Waals surface area contributed by atoms with Crippen LogP contribution in [0.3, 0.4) is 0 Å². The Labute approximate surface area is 127 Å². The second kappa shape index (κ2) is 6.54. The predicted octanol–water partition coefficient (Wildman–Crippen LogP) is 4.05. The lowest BCUT2D eigenvalue weighted by Gasteiger charge is -2.15. The Hall–Kier alpha value is -2.14. The van der Waals surface area contributed by atoms with Gasteiger partial charge in [0, 0.05) is 21.9 Å². The van der Waals surface area contributed by atoms with E-state index in [1.165, 1.54) is 7.11 Å². The molecule has 5 nitrogen and oxygen atoms in total. The third-order valence-electron chi connectivity index (χ3n) is 2.84. The fourth-order valence-electron chi connectivity index (χ4n) is 2.00. The van der Waals surface area contributed by atoms with E-state index in [0.29, 0.717) is 34.3 Å². The molecular weight excluding hydrogens is 296 g/mol. The Morgan fingerprint density at radius 1 is 1.14 bits per heavy atom. The van der Waals surface area contributed by atoms with Gasteiger partial charge in [0.25, 0.3) is 0 Å². The summed E-state index contributed by atoms with van der Waals surface area (Å²) in [4.78, 5) is 11.4. The Morgan fingerprint density at radius 3 is 2.52 bits per heavy atom. The molecule has 0 atom stereocenters. The maximum absolute atomic E-state index is 11.4. The first kappa shape index (κ1) is 15.3. The molecular formula is C15H15ClO5. The van der Waals surface area contributed by atoms with Crippen LogP contribution in [0.25, 0.3) is 10.8 Å². The molecule has 0 aliphatic rings. The third kappa shape index (κ3) is 3.13. The summed E-state index contributed by atoms with van der Waals surface area (Å²) >= 11 is 6.01. The SMILES string of the molecule is CCOc1cc(OC(=O)OC)c2cc(Cl)ccc2c1OC. The van der Waals surface area contributed by atoms with Crippen LogP contribution in [0, 0.1) is 0 Å². The van der Waals surface area contributed by atoms with Crippen LogP contribution in [-0.2, 0) is 4.74 Å². The fourth-order valence-corrected chi connectivity index (χ4v) is 2.17. The summed E-state index contributed by atoms with van der Waals surface area (Å²) in [6.07, 6.45) is -0.816. The molecule has 0 amide bonds. The Balaban J connectivity index is 2.69. The maximum atomic E-state index is 11.4. The van der Waals surface area contributed by atoms with E-state index in [9.17, 15) is 4.79 Å². The van der Waals surface area contributed by atoms with Gasteiger partial charge in [0.2, 0.25) is 0 Å². The highest BCUT2D eigenvalue weighted by atomic mass is 35.5. The zero-order chi connectivity index (χ0) is 15.4. The van der Waals surface area contributed by atoms with Crippen LogP contribution in [0.1, 0.15) is 6.92 Å². The molecule has 0 aromatic heterocycles. The van der Waals surface area contributed by atoms with E-state index < -0.39 is 6.16 Å².